The van der Waals surface area contributed by atoms with Gasteiger partial charge in [0.2, 0.25) is 0 Å². The molecule has 0 aliphatic heterocycles. The Morgan fingerprint density at radius 1 is 0.455 bits per heavy atom. The molecule has 4 nitrogen and oxygen atoms in total. The SMILES string of the molecule is O=C(O[C]1[C](c2ccccc2)[C](c2ccccc2)[C](c2ccccc2)[C]1c1ccccc1)c1ccccc1.[C-]#[O+].[C-]#[O+].[Cl][Ru+]. The Bertz CT molecular complexity index is 1470. The molecule has 0 aromatic heterocycles. The molecule has 6 heteroatoms. The zero-order valence-corrected chi connectivity index (χ0v) is 25.8. The van der Waals surface area contributed by atoms with Gasteiger partial charge in [-0.05, 0) is 34.4 Å². The summed E-state index contributed by atoms with van der Waals surface area (Å²) in [5.74, 6) is 3.50. The average Bonchev–Trinajstić information content (AvgIpc) is 3.47. The number of rotatable bonds is 6. The van der Waals surface area contributed by atoms with E-state index < -0.39 is 0 Å². The molecule has 1 aliphatic rings. The Kier molecular flexibility index (Phi) is 14.6. The van der Waals surface area contributed by atoms with Gasteiger partial charge in [0.05, 0.1) is 17.4 Å². The minimum absolute atomic E-state index is 0.385. The van der Waals surface area contributed by atoms with Gasteiger partial charge in [-0.25, -0.2) is 4.79 Å². The van der Waals surface area contributed by atoms with Gasteiger partial charge in [-0.1, -0.05) is 140 Å². The van der Waals surface area contributed by atoms with Crippen molar-refractivity contribution in [3.8, 4) is 0 Å². The van der Waals surface area contributed by atoms with E-state index in [1.165, 1.54) is 0 Å². The maximum atomic E-state index is 13.6. The molecule has 6 rings (SSSR count). The molecule has 0 amide bonds. The fourth-order valence-corrected chi connectivity index (χ4v) is 4.98. The van der Waals surface area contributed by atoms with E-state index in [9.17, 15) is 4.79 Å². The van der Waals surface area contributed by atoms with Gasteiger partial charge in [0.15, 0.2) is 6.10 Å². The zero-order valence-electron chi connectivity index (χ0n) is 23.3. The zero-order chi connectivity index (χ0) is 31.7. The number of hydrogen-bond acceptors (Lipinski definition) is 2. The second kappa shape index (κ2) is 18.6. The van der Waals surface area contributed by atoms with Crippen molar-refractivity contribution in [2.75, 3.05) is 0 Å². The summed E-state index contributed by atoms with van der Waals surface area (Å²) in [5.41, 5.74) is 4.60. The molecule has 0 N–H and O–H groups in total. The summed E-state index contributed by atoms with van der Waals surface area (Å²) in [4.78, 5) is 13.6. The van der Waals surface area contributed by atoms with E-state index in [1.54, 1.807) is 12.1 Å². The first kappa shape index (κ1) is 34.5. The molecular formula is C38H25ClO4Ru+. The van der Waals surface area contributed by atoms with Crippen molar-refractivity contribution < 1.29 is 36.1 Å². The Morgan fingerprint density at radius 3 is 1.00 bits per heavy atom. The summed E-state index contributed by atoms with van der Waals surface area (Å²) >= 11 is 1.82. The number of carbonyl (C=O) groups excluding carboxylic acids is 1. The fourth-order valence-electron chi connectivity index (χ4n) is 4.98. The van der Waals surface area contributed by atoms with Crippen molar-refractivity contribution in [3.05, 3.63) is 223 Å². The van der Waals surface area contributed by atoms with Gasteiger partial charge in [-0.3, -0.25) is 0 Å². The summed E-state index contributed by atoms with van der Waals surface area (Å²) in [7, 11) is 4.57. The van der Waals surface area contributed by atoms with Crippen LogP contribution in [0.5, 0.6) is 0 Å². The Balaban J connectivity index is 0.000000832. The van der Waals surface area contributed by atoms with Crippen molar-refractivity contribution >= 4 is 15.7 Å². The predicted octanol–water partition coefficient (Wildman–Crippen LogP) is 8.49. The number of hydrogen-bond donors (Lipinski definition) is 0. The van der Waals surface area contributed by atoms with Crippen molar-refractivity contribution in [1.82, 2.24) is 0 Å². The van der Waals surface area contributed by atoms with E-state index in [0.717, 1.165) is 45.9 Å². The number of carbonyl (C=O) groups is 1. The molecule has 0 bridgehead atoms. The van der Waals surface area contributed by atoms with Crippen LogP contribution in [-0.2, 0) is 31.4 Å². The van der Waals surface area contributed by atoms with Gasteiger partial charge < -0.3 is 4.74 Å². The van der Waals surface area contributed by atoms with Crippen LogP contribution in [0.15, 0.2) is 152 Å². The topological polar surface area (TPSA) is 66.1 Å². The van der Waals surface area contributed by atoms with Crippen molar-refractivity contribution in [2.45, 2.75) is 0 Å². The van der Waals surface area contributed by atoms with Gasteiger partial charge >= 0.3 is 55.6 Å². The van der Waals surface area contributed by atoms with Crippen LogP contribution >= 0.6 is 9.69 Å². The molecule has 5 radical (unpaired) electrons. The van der Waals surface area contributed by atoms with Gasteiger partial charge in [-0.2, -0.15) is 0 Å². The van der Waals surface area contributed by atoms with E-state index in [1.807, 2.05) is 108 Å². The summed E-state index contributed by atoms with van der Waals surface area (Å²) in [6.45, 7) is 9.00. The number of esters is 1. The standard InChI is InChI=1S/C36H25O2.2CO.ClH.Ru/c37-36(30-24-14-5-15-25-30)38-35-33(28-20-10-3-11-21-28)31(26-16-6-1-7-17-26)32(27-18-8-2-9-19-27)34(35)29-22-12-4-13-23-29;2*1-2;;/h1-25H;;;1H;/q;;;;+2/p-1. The Morgan fingerprint density at radius 2 is 0.705 bits per heavy atom. The first-order valence-electron chi connectivity index (χ1n) is 13.2. The van der Waals surface area contributed by atoms with E-state index in [-0.39, 0.29) is 5.97 Å². The van der Waals surface area contributed by atoms with E-state index in [0.29, 0.717) is 11.7 Å². The number of ether oxygens (including phenoxy) is 1. The monoisotopic (exact) mass is 682 g/mol. The third kappa shape index (κ3) is 8.11. The number of halogens is 1. The fraction of sp³-hybridized carbons (Fsp3) is 0. The molecular weight excluding hydrogens is 657 g/mol. The van der Waals surface area contributed by atoms with Crippen LogP contribution in [0.2, 0.25) is 0 Å². The molecule has 0 heterocycles. The molecule has 0 atom stereocenters. The van der Waals surface area contributed by atoms with Crippen LogP contribution < -0.4 is 0 Å². The van der Waals surface area contributed by atoms with Gasteiger partial charge in [0.1, 0.15) is 0 Å². The van der Waals surface area contributed by atoms with Crippen LogP contribution in [0.25, 0.3) is 0 Å². The third-order valence-electron chi connectivity index (χ3n) is 6.66. The maximum absolute atomic E-state index is 13.6. The van der Waals surface area contributed by atoms with Crippen LogP contribution in [-0.4, -0.2) is 5.97 Å². The summed E-state index contributed by atoms with van der Waals surface area (Å²) < 4.78 is 21.4. The molecule has 44 heavy (non-hydrogen) atoms. The van der Waals surface area contributed by atoms with Gasteiger partial charge in [0.25, 0.3) is 0 Å². The Hall–Kier alpha value is -4.04. The molecule has 0 unspecified atom stereocenters. The van der Waals surface area contributed by atoms with Crippen molar-refractivity contribution in [2.24, 2.45) is 0 Å². The molecule has 1 aliphatic carbocycles. The molecule has 5 aromatic rings. The second-order valence-electron chi connectivity index (χ2n) is 9.05. The van der Waals surface area contributed by atoms with E-state index >= 15 is 0 Å². The van der Waals surface area contributed by atoms with Crippen LogP contribution in [0.3, 0.4) is 0 Å². The summed E-state index contributed by atoms with van der Waals surface area (Å²) in [5, 5.41) is 0. The molecule has 5 aromatic carbocycles. The average molecular weight is 682 g/mol. The predicted molar refractivity (Wildman–Crippen MR) is 164 cm³/mol. The van der Waals surface area contributed by atoms with E-state index in [2.05, 4.69) is 71.5 Å². The summed E-state index contributed by atoms with van der Waals surface area (Å²) in [6, 6.07) is 50.2. The van der Waals surface area contributed by atoms with Gasteiger partial charge in [0, 0.05) is 11.8 Å². The minimum atomic E-state index is -0.385. The molecule has 1 fully saturated rings. The molecule has 0 saturated heterocycles. The Labute approximate surface area is 273 Å². The first-order valence-corrected chi connectivity index (χ1v) is 15.4. The van der Waals surface area contributed by atoms with Crippen LogP contribution in [0.1, 0.15) is 32.6 Å². The second-order valence-corrected chi connectivity index (χ2v) is 9.05. The van der Waals surface area contributed by atoms with Crippen molar-refractivity contribution in [1.29, 1.82) is 0 Å². The molecule has 0 spiro atoms. The number of benzene rings is 5. The van der Waals surface area contributed by atoms with Crippen LogP contribution in [0.4, 0.5) is 0 Å². The normalized spacial score (nSPS) is 13.6. The van der Waals surface area contributed by atoms with E-state index in [4.69, 9.17) is 14.0 Å². The quantitative estimate of drug-likeness (QED) is 0.0781. The van der Waals surface area contributed by atoms with Gasteiger partial charge in [-0.15, -0.1) is 0 Å². The molecule has 1 saturated carbocycles. The molecule has 215 valence electrons. The van der Waals surface area contributed by atoms with Crippen molar-refractivity contribution in [3.63, 3.8) is 0 Å². The third-order valence-corrected chi connectivity index (χ3v) is 6.66. The summed E-state index contributed by atoms with van der Waals surface area (Å²) in [6.07, 6.45) is 0.564. The first-order chi connectivity index (χ1) is 21.8. The van der Waals surface area contributed by atoms with Crippen LogP contribution in [0, 0.1) is 43.1 Å².